The van der Waals surface area contributed by atoms with E-state index in [-0.39, 0.29) is 0 Å². The minimum absolute atomic E-state index is 0.584. The average molecular weight is 201 g/mol. The van der Waals surface area contributed by atoms with E-state index < -0.39 is 0 Å². The quantitative estimate of drug-likeness (QED) is 0.654. The van der Waals surface area contributed by atoms with E-state index in [4.69, 9.17) is 0 Å². The van der Waals surface area contributed by atoms with Crippen molar-refractivity contribution < 1.29 is 0 Å². The molecule has 1 aromatic rings. The summed E-state index contributed by atoms with van der Waals surface area (Å²) >= 11 is 0. The Hall–Kier alpha value is -1.37. The molecule has 0 unspecified atom stereocenters. The van der Waals surface area contributed by atoms with Crippen LogP contribution in [0.5, 0.6) is 0 Å². The summed E-state index contributed by atoms with van der Waals surface area (Å²) in [5, 5.41) is 0. The first kappa shape index (κ1) is 11.7. The van der Waals surface area contributed by atoms with Crippen molar-refractivity contribution in [3.05, 3.63) is 54.4 Å². The van der Waals surface area contributed by atoms with E-state index in [1.807, 2.05) is 12.4 Å². The molecule has 0 bridgehead atoms. The van der Waals surface area contributed by atoms with Crippen molar-refractivity contribution in [2.75, 3.05) is 0 Å². The third-order valence-electron chi connectivity index (χ3n) is 2.49. The summed E-state index contributed by atoms with van der Waals surface area (Å²) in [6, 6.07) is 4.22. The van der Waals surface area contributed by atoms with Crippen molar-refractivity contribution in [1.82, 2.24) is 4.98 Å². The van der Waals surface area contributed by atoms with Crippen molar-refractivity contribution in [1.29, 1.82) is 0 Å². The van der Waals surface area contributed by atoms with E-state index in [2.05, 4.69) is 55.3 Å². The number of hydrogen-bond donors (Lipinski definition) is 0. The summed E-state index contributed by atoms with van der Waals surface area (Å²) in [4.78, 5) is 4.05. The molecule has 15 heavy (non-hydrogen) atoms. The fourth-order valence-corrected chi connectivity index (χ4v) is 1.60. The van der Waals surface area contributed by atoms with Gasteiger partial charge >= 0.3 is 0 Å². The first-order valence-corrected chi connectivity index (χ1v) is 5.50. The summed E-state index contributed by atoms with van der Waals surface area (Å²) in [5.74, 6) is 0.584. The largest absolute Gasteiger partial charge is 0.265 e. The average Bonchev–Trinajstić information content (AvgIpc) is 2.30. The van der Waals surface area contributed by atoms with E-state index in [0.29, 0.717) is 5.92 Å². The van der Waals surface area contributed by atoms with Gasteiger partial charge < -0.3 is 0 Å². The Morgan fingerprint density at radius 2 is 1.60 bits per heavy atom. The van der Waals surface area contributed by atoms with Gasteiger partial charge in [-0.25, -0.2) is 0 Å². The maximum Gasteiger partial charge on any atom is 0.0270 e. The maximum absolute atomic E-state index is 4.05. The summed E-state index contributed by atoms with van der Waals surface area (Å²) in [6.45, 7) is 4.14. The third-order valence-corrected chi connectivity index (χ3v) is 2.49. The van der Waals surface area contributed by atoms with Crippen LogP contribution in [0.2, 0.25) is 0 Å². The number of pyridine rings is 1. The van der Waals surface area contributed by atoms with E-state index in [0.717, 1.165) is 12.8 Å². The molecule has 0 spiro atoms. The second kappa shape index (κ2) is 6.99. The number of hydrogen-bond acceptors (Lipinski definition) is 1. The molecule has 1 aromatic heterocycles. The Labute approximate surface area is 92.6 Å². The van der Waals surface area contributed by atoms with E-state index in [9.17, 15) is 0 Å². The second-order valence-corrected chi connectivity index (χ2v) is 3.59. The molecule has 1 nitrogen and oxygen atoms in total. The van der Waals surface area contributed by atoms with Gasteiger partial charge in [-0.2, -0.15) is 0 Å². The molecule has 0 aliphatic rings. The topological polar surface area (TPSA) is 12.9 Å². The molecule has 1 heteroatoms. The van der Waals surface area contributed by atoms with Gasteiger partial charge in [0, 0.05) is 12.4 Å². The van der Waals surface area contributed by atoms with E-state index in [1.165, 1.54) is 5.56 Å². The van der Waals surface area contributed by atoms with E-state index >= 15 is 0 Å². The summed E-state index contributed by atoms with van der Waals surface area (Å²) in [6.07, 6.45) is 14.6. The lowest BCUT2D eigenvalue weighted by Crippen LogP contribution is -1.96. The second-order valence-electron chi connectivity index (χ2n) is 3.59. The molecule has 0 saturated carbocycles. The van der Waals surface area contributed by atoms with Crippen LogP contribution in [0.3, 0.4) is 0 Å². The van der Waals surface area contributed by atoms with Crippen LogP contribution in [0.4, 0.5) is 0 Å². The predicted molar refractivity (Wildman–Crippen MR) is 65.8 cm³/mol. The van der Waals surface area contributed by atoms with Crippen LogP contribution in [-0.2, 0) is 0 Å². The Bertz CT molecular complexity index is 297. The highest BCUT2D eigenvalue weighted by molar-refractivity contribution is 5.18. The molecular weight excluding hydrogens is 182 g/mol. The van der Waals surface area contributed by atoms with Gasteiger partial charge in [0.1, 0.15) is 0 Å². The molecule has 0 saturated heterocycles. The minimum atomic E-state index is 0.584. The maximum atomic E-state index is 4.05. The SMILES string of the molecule is CC=CCC(CC=CC)c1ccncc1. The molecular formula is C14H19N. The van der Waals surface area contributed by atoms with Crippen LogP contribution in [-0.4, -0.2) is 4.98 Å². The van der Waals surface area contributed by atoms with Crippen molar-refractivity contribution in [3.63, 3.8) is 0 Å². The molecule has 0 aliphatic carbocycles. The van der Waals surface area contributed by atoms with Crippen LogP contribution in [0.1, 0.15) is 38.2 Å². The Kier molecular flexibility index (Phi) is 5.46. The fourth-order valence-electron chi connectivity index (χ4n) is 1.60. The van der Waals surface area contributed by atoms with Gasteiger partial charge in [0.05, 0.1) is 0 Å². The highest BCUT2D eigenvalue weighted by Crippen LogP contribution is 2.23. The third kappa shape index (κ3) is 4.11. The van der Waals surface area contributed by atoms with Crippen LogP contribution in [0.25, 0.3) is 0 Å². The molecule has 0 N–H and O–H groups in total. The van der Waals surface area contributed by atoms with Crippen molar-refractivity contribution in [2.24, 2.45) is 0 Å². The van der Waals surface area contributed by atoms with Crippen molar-refractivity contribution >= 4 is 0 Å². The van der Waals surface area contributed by atoms with Crippen LogP contribution in [0, 0.1) is 0 Å². The molecule has 1 rings (SSSR count). The molecule has 0 atom stereocenters. The highest BCUT2D eigenvalue weighted by atomic mass is 14.6. The van der Waals surface area contributed by atoms with Gasteiger partial charge in [0.2, 0.25) is 0 Å². The van der Waals surface area contributed by atoms with Crippen LogP contribution >= 0.6 is 0 Å². The summed E-state index contributed by atoms with van der Waals surface area (Å²) in [5.41, 5.74) is 1.38. The zero-order chi connectivity index (χ0) is 10.9. The number of nitrogens with zero attached hydrogens (tertiary/aromatic N) is 1. The lowest BCUT2D eigenvalue weighted by molar-refractivity contribution is 0.709. The summed E-state index contributed by atoms with van der Waals surface area (Å²) in [7, 11) is 0. The predicted octanol–water partition coefficient (Wildman–Crippen LogP) is 4.10. The molecule has 0 radical (unpaired) electrons. The smallest absolute Gasteiger partial charge is 0.0270 e. The lowest BCUT2D eigenvalue weighted by Gasteiger charge is -2.12. The summed E-state index contributed by atoms with van der Waals surface area (Å²) < 4.78 is 0. The van der Waals surface area contributed by atoms with Gasteiger partial charge in [-0.1, -0.05) is 24.3 Å². The van der Waals surface area contributed by atoms with Gasteiger partial charge in [0.25, 0.3) is 0 Å². The monoisotopic (exact) mass is 201 g/mol. The van der Waals surface area contributed by atoms with Gasteiger partial charge in [-0.05, 0) is 50.3 Å². The van der Waals surface area contributed by atoms with Gasteiger partial charge in [-0.15, -0.1) is 0 Å². The van der Waals surface area contributed by atoms with Crippen LogP contribution < -0.4 is 0 Å². The molecule has 80 valence electrons. The zero-order valence-corrected chi connectivity index (χ0v) is 9.56. The zero-order valence-electron chi connectivity index (χ0n) is 9.56. The van der Waals surface area contributed by atoms with Gasteiger partial charge in [0.15, 0.2) is 0 Å². The highest BCUT2D eigenvalue weighted by Gasteiger charge is 2.07. The first-order valence-electron chi connectivity index (χ1n) is 5.50. The Morgan fingerprint density at radius 3 is 2.07 bits per heavy atom. The standard InChI is InChI=1S/C14H19N/c1-3-5-7-13(8-6-4-2)14-9-11-15-12-10-14/h3-6,9-13H,7-8H2,1-2H3. The van der Waals surface area contributed by atoms with Crippen molar-refractivity contribution in [3.8, 4) is 0 Å². The molecule has 0 aliphatic heterocycles. The van der Waals surface area contributed by atoms with Crippen LogP contribution in [0.15, 0.2) is 48.8 Å². The normalized spacial score (nSPS) is 13.7. The molecule has 0 amide bonds. The lowest BCUT2D eigenvalue weighted by atomic mass is 9.93. The van der Waals surface area contributed by atoms with E-state index in [1.54, 1.807) is 0 Å². The molecule has 0 fully saturated rings. The molecule has 0 aromatic carbocycles. The minimum Gasteiger partial charge on any atom is -0.265 e. The Morgan fingerprint density at radius 1 is 1.07 bits per heavy atom. The number of allylic oxidation sites excluding steroid dienone is 4. The molecule has 1 heterocycles. The fraction of sp³-hybridized carbons (Fsp3) is 0.357. The first-order chi connectivity index (χ1) is 7.38. The van der Waals surface area contributed by atoms with Gasteiger partial charge in [-0.3, -0.25) is 4.98 Å². The Balaban J connectivity index is 2.71. The number of rotatable bonds is 5. The number of aromatic nitrogens is 1. The van der Waals surface area contributed by atoms with Crippen molar-refractivity contribution in [2.45, 2.75) is 32.6 Å².